The zero-order valence-corrected chi connectivity index (χ0v) is 15.8. The van der Waals surface area contributed by atoms with Crippen molar-refractivity contribution in [1.29, 1.82) is 0 Å². The van der Waals surface area contributed by atoms with E-state index in [0.717, 1.165) is 11.0 Å². The summed E-state index contributed by atoms with van der Waals surface area (Å²) in [6, 6.07) is 11.7. The van der Waals surface area contributed by atoms with Crippen molar-refractivity contribution in [2.75, 3.05) is 20.7 Å². The number of sulfonamides is 1. The number of rotatable bonds is 6. The molecule has 9 heteroatoms. The van der Waals surface area contributed by atoms with Crippen molar-refractivity contribution in [3.8, 4) is 5.75 Å². The van der Waals surface area contributed by atoms with Crippen molar-refractivity contribution >= 4 is 27.0 Å². The van der Waals surface area contributed by atoms with Gasteiger partial charge in [0.05, 0.1) is 34.9 Å². The number of likely N-dealkylation sites (N-methyl/N-ethyl adjacent to an activating group) is 1. The zero-order valence-electron chi connectivity index (χ0n) is 15.0. The number of fused-ring (bicyclic) bond motifs is 1. The molecule has 142 valence electrons. The first-order valence-electron chi connectivity index (χ1n) is 8.17. The predicted octanol–water partition coefficient (Wildman–Crippen LogP) is 1.46. The van der Waals surface area contributed by atoms with Crippen molar-refractivity contribution in [2.24, 2.45) is 5.14 Å². The van der Waals surface area contributed by atoms with Crippen LogP contribution in [0.1, 0.15) is 10.4 Å². The first-order valence-corrected chi connectivity index (χ1v) is 9.72. The van der Waals surface area contributed by atoms with Crippen LogP contribution in [0.4, 0.5) is 0 Å². The lowest BCUT2D eigenvalue weighted by Gasteiger charge is -2.19. The van der Waals surface area contributed by atoms with E-state index in [4.69, 9.17) is 9.88 Å². The largest absolute Gasteiger partial charge is 0.496 e. The topological polar surface area (TPSA) is 108 Å². The van der Waals surface area contributed by atoms with Crippen molar-refractivity contribution in [3.05, 3.63) is 54.4 Å². The van der Waals surface area contributed by atoms with Crippen LogP contribution in [0.25, 0.3) is 11.0 Å². The van der Waals surface area contributed by atoms with Crippen LogP contribution in [-0.2, 0) is 16.6 Å². The second kappa shape index (κ2) is 7.37. The normalized spacial score (nSPS) is 11.5. The number of hydrogen-bond donors (Lipinski definition) is 1. The number of aromatic nitrogens is 2. The first-order chi connectivity index (χ1) is 12.8. The number of hydrogen-bond acceptors (Lipinski definition) is 5. The summed E-state index contributed by atoms with van der Waals surface area (Å²) in [5.74, 6) is -0.0749. The van der Waals surface area contributed by atoms with Gasteiger partial charge in [-0.05, 0) is 30.3 Å². The molecule has 0 unspecified atom stereocenters. The van der Waals surface area contributed by atoms with Crippen molar-refractivity contribution in [3.63, 3.8) is 0 Å². The summed E-state index contributed by atoms with van der Waals surface area (Å²) >= 11 is 0. The molecule has 8 nitrogen and oxygen atoms in total. The van der Waals surface area contributed by atoms with E-state index in [1.54, 1.807) is 13.4 Å². The molecule has 0 atom stereocenters. The maximum absolute atomic E-state index is 12.8. The fraction of sp³-hybridized carbons (Fsp3) is 0.222. The van der Waals surface area contributed by atoms with Crippen molar-refractivity contribution in [1.82, 2.24) is 14.5 Å². The Balaban J connectivity index is 1.81. The van der Waals surface area contributed by atoms with Gasteiger partial charge in [0, 0.05) is 20.1 Å². The number of nitrogens with zero attached hydrogens (tertiary/aromatic N) is 3. The molecule has 0 radical (unpaired) electrons. The van der Waals surface area contributed by atoms with Gasteiger partial charge in [-0.25, -0.2) is 18.5 Å². The van der Waals surface area contributed by atoms with Crippen LogP contribution in [-0.4, -0.2) is 49.5 Å². The molecule has 1 heterocycles. The SMILES string of the molecule is COc1ccc(S(N)(=O)=O)cc1C(=O)N(C)CCn1cnc2ccccc21. The Morgan fingerprint density at radius 1 is 1.26 bits per heavy atom. The van der Waals surface area contributed by atoms with Crippen LogP contribution in [0.5, 0.6) is 5.75 Å². The van der Waals surface area contributed by atoms with E-state index in [-0.39, 0.29) is 22.1 Å². The standard InChI is InChI=1S/C18H20N4O4S/c1-21(9-10-22-12-20-15-5-3-4-6-16(15)22)18(23)14-11-13(27(19,24)25)7-8-17(14)26-2/h3-8,11-12H,9-10H2,1-2H3,(H2,19,24,25). The first kappa shape index (κ1) is 18.9. The molecular weight excluding hydrogens is 368 g/mol. The number of para-hydroxylation sites is 2. The fourth-order valence-electron chi connectivity index (χ4n) is 2.78. The van der Waals surface area contributed by atoms with Gasteiger partial charge in [0.15, 0.2) is 0 Å². The van der Waals surface area contributed by atoms with Gasteiger partial charge in [-0.2, -0.15) is 0 Å². The fourth-order valence-corrected chi connectivity index (χ4v) is 3.32. The van der Waals surface area contributed by atoms with Gasteiger partial charge in [-0.15, -0.1) is 0 Å². The molecule has 0 spiro atoms. The molecule has 1 amide bonds. The highest BCUT2D eigenvalue weighted by atomic mass is 32.2. The van der Waals surface area contributed by atoms with Crippen LogP contribution in [0.2, 0.25) is 0 Å². The Morgan fingerprint density at radius 2 is 2.00 bits per heavy atom. The lowest BCUT2D eigenvalue weighted by molar-refractivity contribution is 0.0787. The van der Waals surface area contributed by atoms with Gasteiger partial charge in [0.2, 0.25) is 10.0 Å². The quantitative estimate of drug-likeness (QED) is 0.688. The summed E-state index contributed by atoms with van der Waals surface area (Å²) in [7, 11) is -0.860. The van der Waals surface area contributed by atoms with Gasteiger partial charge < -0.3 is 14.2 Å². The molecule has 0 bridgehead atoms. The number of amides is 1. The molecule has 0 saturated carbocycles. The summed E-state index contributed by atoms with van der Waals surface area (Å²) < 4.78 is 30.3. The summed E-state index contributed by atoms with van der Waals surface area (Å²) in [6.07, 6.45) is 1.73. The van der Waals surface area contributed by atoms with E-state index in [2.05, 4.69) is 4.98 Å². The van der Waals surface area contributed by atoms with E-state index in [0.29, 0.717) is 13.1 Å². The van der Waals surface area contributed by atoms with E-state index >= 15 is 0 Å². The van der Waals surface area contributed by atoms with Crippen molar-refractivity contribution < 1.29 is 17.9 Å². The number of methoxy groups -OCH3 is 1. The van der Waals surface area contributed by atoms with Gasteiger partial charge >= 0.3 is 0 Å². The molecule has 27 heavy (non-hydrogen) atoms. The number of benzene rings is 2. The van der Waals surface area contributed by atoms with Gasteiger partial charge in [0.1, 0.15) is 5.75 Å². The van der Waals surface area contributed by atoms with Gasteiger partial charge in [-0.3, -0.25) is 4.79 Å². The minimum Gasteiger partial charge on any atom is -0.496 e. The third kappa shape index (κ3) is 3.93. The van der Waals surface area contributed by atoms with Crippen LogP contribution in [0.3, 0.4) is 0 Å². The van der Waals surface area contributed by atoms with Crippen LogP contribution in [0, 0.1) is 0 Å². The second-order valence-corrected chi connectivity index (χ2v) is 7.62. The Hall–Kier alpha value is -2.91. The van der Waals surface area contributed by atoms with E-state index in [1.165, 1.54) is 30.2 Å². The Labute approximate surface area is 157 Å². The molecular formula is C18H20N4O4S. The number of carbonyl (C=O) groups is 1. The van der Waals surface area contributed by atoms with E-state index in [9.17, 15) is 13.2 Å². The van der Waals surface area contributed by atoms with Crippen LogP contribution in [0.15, 0.2) is 53.7 Å². The molecule has 0 aliphatic heterocycles. The third-order valence-electron chi connectivity index (χ3n) is 4.28. The maximum Gasteiger partial charge on any atom is 0.257 e. The zero-order chi connectivity index (χ0) is 19.6. The second-order valence-electron chi connectivity index (χ2n) is 6.06. The predicted molar refractivity (Wildman–Crippen MR) is 101 cm³/mol. The number of imidazole rings is 1. The Bertz CT molecular complexity index is 1090. The molecule has 0 saturated heterocycles. The van der Waals surface area contributed by atoms with Crippen LogP contribution >= 0.6 is 0 Å². The number of carbonyl (C=O) groups excluding carboxylic acids is 1. The minimum absolute atomic E-state index is 0.138. The highest BCUT2D eigenvalue weighted by Gasteiger charge is 2.20. The lowest BCUT2D eigenvalue weighted by atomic mass is 10.1. The average molecular weight is 388 g/mol. The van der Waals surface area contributed by atoms with Gasteiger partial charge in [0.25, 0.3) is 5.91 Å². The van der Waals surface area contributed by atoms with Crippen LogP contribution < -0.4 is 9.88 Å². The summed E-state index contributed by atoms with van der Waals surface area (Å²) in [5, 5.41) is 5.17. The lowest BCUT2D eigenvalue weighted by Crippen LogP contribution is -2.30. The molecule has 0 aliphatic carbocycles. The monoisotopic (exact) mass is 388 g/mol. The number of ether oxygens (including phenoxy) is 1. The highest BCUT2D eigenvalue weighted by Crippen LogP contribution is 2.23. The minimum atomic E-state index is -3.92. The molecule has 3 rings (SSSR count). The highest BCUT2D eigenvalue weighted by molar-refractivity contribution is 7.89. The molecule has 2 N–H and O–H groups in total. The van der Waals surface area contributed by atoms with E-state index < -0.39 is 10.0 Å². The average Bonchev–Trinajstić information content (AvgIpc) is 3.07. The summed E-state index contributed by atoms with van der Waals surface area (Å²) in [6.45, 7) is 0.946. The van der Waals surface area contributed by atoms with Crippen molar-refractivity contribution in [2.45, 2.75) is 11.4 Å². The molecule has 0 aliphatic rings. The maximum atomic E-state index is 12.8. The number of nitrogens with two attached hydrogens (primary N) is 1. The summed E-state index contributed by atoms with van der Waals surface area (Å²) in [4.78, 5) is 18.5. The number of primary sulfonamides is 1. The molecule has 1 aromatic heterocycles. The smallest absolute Gasteiger partial charge is 0.257 e. The summed E-state index contributed by atoms with van der Waals surface area (Å²) in [5.41, 5.74) is 2.00. The molecule has 2 aromatic carbocycles. The molecule has 0 fully saturated rings. The Kier molecular flexibility index (Phi) is 5.15. The third-order valence-corrected chi connectivity index (χ3v) is 5.19. The Morgan fingerprint density at radius 3 is 2.70 bits per heavy atom. The van der Waals surface area contributed by atoms with E-state index in [1.807, 2.05) is 28.8 Å². The molecule has 3 aromatic rings. The van der Waals surface area contributed by atoms with Gasteiger partial charge in [-0.1, -0.05) is 12.1 Å².